The zero-order valence-corrected chi connectivity index (χ0v) is 24.9. The summed E-state index contributed by atoms with van der Waals surface area (Å²) in [6, 6.07) is 19.1. The number of para-hydroxylation sites is 1. The highest BCUT2D eigenvalue weighted by atomic mass is 35.5. The number of halogens is 4. The van der Waals surface area contributed by atoms with Crippen LogP contribution in [-0.2, 0) is 25.8 Å². The number of nitrogens with zero attached hydrogens (tertiary/aromatic N) is 4. The largest absolute Gasteiger partial charge is 0.454 e. The number of anilines is 1. The average Bonchev–Trinajstić information content (AvgIpc) is 3.66. The molecule has 0 spiro atoms. The van der Waals surface area contributed by atoms with Crippen LogP contribution in [0, 0.1) is 0 Å². The molecule has 0 bridgehead atoms. The Morgan fingerprint density at radius 2 is 1.65 bits per heavy atom. The molecule has 0 N–H and O–H groups in total. The van der Waals surface area contributed by atoms with E-state index >= 15 is 0 Å². The van der Waals surface area contributed by atoms with Gasteiger partial charge in [0.25, 0.3) is 0 Å². The fraction of sp³-hybridized carbons (Fsp3) is 0.281. The van der Waals surface area contributed by atoms with E-state index < -0.39 is 11.7 Å². The first-order chi connectivity index (χ1) is 20.7. The highest BCUT2D eigenvalue weighted by Gasteiger charge is 2.30. The maximum atomic E-state index is 13.4. The van der Waals surface area contributed by atoms with Crippen LogP contribution in [-0.4, -0.2) is 47.8 Å². The molecule has 0 saturated carbocycles. The molecule has 1 saturated heterocycles. The van der Waals surface area contributed by atoms with Crippen molar-refractivity contribution in [2.45, 2.75) is 25.8 Å². The highest BCUT2D eigenvalue weighted by molar-refractivity contribution is 7.09. The molecule has 1 fully saturated rings. The zero-order chi connectivity index (χ0) is 30.0. The highest BCUT2D eigenvalue weighted by Crippen LogP contribution is 2.34. The molecule has 11 heteroatoms. The first kappa shape index (κ1) is 29.3. The Morgan fingerprint density at radius 3 is 2.42 bits per heavy atom. The Labute approximate surface area is 257 Å². The maximum Gasteiger partial charge on any atom is 0.416 e. The Balaban J connectivity index is 1.15. The molecular weight excluding hydrogens is 597 g/mol. The van der Waals surface area contributed by atoms with Crippen LogP contribution < -0.4 is 14.4 Å². The molecule has 6 rings (SSSR count). The van der Waals surface area contributed by atoms with Gasteiger partial charge in [-0.25, -0.2) is 4.98 Å². The van der Waals surface area contributed by atoms with Gasteiger partial charge in [-0.1, -0.05) is 54.6 Å². The van der Waals surface area contributed by atoms with E-state index in [2.05, 4.69) is 21.3 Å². The van der Waals surface area contributed by atoms with Crippen LogP contribution in [0.25, 0.3) is 5.70 Å². The Bertz CT molecular complexity index is 1600. The number of hydrogen-bond donors (Lipinski definition) is 0. The van der Waals surface area contributed by atoms with Crippen LogP contribution in [0.4, 0.5) is 18.9 Å². The summed E-state index contributed by atoms with van der Waals surface area (Å²) in [6.07, 6.45) is -4.40. The van der Waals surface area contributed by atoms with Gasteiger partial charge in [-0.15, -0.1) is 11.3 Å². The van der Waals surface area contributed by atoms with E-state index in [1.165, 1.54) is 23.5 Å². The van der Waals surface area contributed by atoms with Crippen molar-refractivity contribution in [2.75, 3.05) is 37.9 Å². The topological polar surface area (TPSA) is 41.1 Å². The lowest BCUT2D eigenvalue weighted by Crippen LogP contribution is -2.45. The number of ether oxygens (including phenoxy) is 2. The van der Waals surface area contributed by atoms with Crippen molar-refractivity contribution in [3.05, 3.63) is 111 Å². The number of hydrogen-bond acceptors (Lipinski definition) is 7. The van der Waals surface area contributed by atoms with Crippen molar-refractivity contribution in [1.29, 1.82) is 0 Å². The summed E-state index contributed by atoms with van der Waals surface area (Å²) < 4.78 is 51.2. The summed E-state index contributed by atoms with van der Waals surface area (Å²) in [5, 5.41) is 3.61. The van der Waals surface area contributed by atoms with E-state index in [4.69, 9.17) is 26.1 Å². The Morgan fingerprint density at radius 1 is 0.907 bits per heavy atom. The molecule has 4 aromatic rings. The molecule has 0 atom stereocenters. The van der Waals surface area contributed by atoms with Crippen LogP contribution >= 0.6 is 22.9 Å². The van der Waals surface area contributed by atoms with Gasteiger partial charge in [0.05, 0.1) is 34.2 Å². The second-order valence-electron chi connectivity index (χ2n) is 10.5. The van der Waals surface area contributed by atoms with Crippen LogP contribution in [0.1, 0.15) is 27.4 Å². The summed E-state index contributed by atoms with van der Waals surface area (Å²) in [5.74, 6) is 1.35. The standard InChI is InChI=1S/C32H30ClF3N4O2S/c1-22(39-11-13-40(14-12-39)28-8-3-2-7-26(28)33)27-20-43-31(37-27)19-38(17-23-5-4-6-25(15-23)32(34,35)36)18-24-9-10-29-30(16-24)42-21-41-29/h2-10,15-16,20H,1,11-14,17-19,21H2. The van der Waals surface area contributed by atoms with E-state index in [-0.39, 0.29) is 6.79 Å². The third-order valence-corrected chi connectivity index (χ3v) is 8.72. The van der Waals surface area contributed by atoms with Gasteiger partial charge in [-0.2, -0.15) is 13.2 Å². The molecule has 1 aromatic heterocycles. The normalized spacial score (nSPS) is 14.9. The van der Waals surface area contributed by atoms with E-state index in [9.17, 15) is 13.2 Å². The molecular formula is C32H30ClF3N4O2S. The molecule has 3 aromatic carbocycles. The number of fused-ring (bicyclic) bond motifs is 1. The van der Waals surface area contributed by atoms with Crippen molar-refractivity contribution in [2.24, 2.45) is 0 Å². The third-order valence-electron chi connectivity index (χ3n) is 7.56. The van der Waals surface area contributed by atoms with Gasteiger partial charge in [0.1, 0.15) is 5.01 Å². The quantitative estimate of drug-likeness (QED) is 0.191. The second kappa shape index (κ2) is 12.5. The lowest BCUT2D eigenvalue weighted by atomic mass is 10.1. The van der Waals surface area contributed by atoms with Gasteiger partial charge < -0.3 is 19.3 Å². The number of thiazole rings is 1. The molecule has 224 valence electrons. The molecule has 2 aliphatic rings. The van der Waals surface area contributed by atoms with Gasteiger partial charge >= 0.3 is 6.18 Å². The van der Waals surface area contributed by atoms with Crippen LogP contribution in [0.2, 0.25) is 5.02 Å². The fourth-order valence-electron chi connectivity index (χ4n) is 5.36. The van der Waals surface area contributed by atoms with E-state index in [0.29, 0.717) is 36.7 Å². The second-order valence-corrected chi connectivity index (χ2v) is 11.9. The predicted molar refractivity (Wildman–Crippen MR) is 163 cm³/mol. The first-order valence-corrected chi connectivity index (χ1v) is 15.1. The minimum Gasteiger partial charge on any atom is -0.454 e. The van der Waals surface area contributed by atoms with E-state index in [1.807, 2.05) is 47.8 Å². The number of benzene rings is 3. The number of aromatic nitrogens is 1. The number of alkyl halides is 3. The maximum absolute atomic E-state index is 13.4. The number of piperazine rings is 1. The van der Waals surface area contributed by atoms with Crippen molar-refractivity contribution < 1.29 is 22.6 Å². The van der Waals surface area contributed by atoms with E-state index in [1.54, 1.807) is 6.07 Å². The smallest absolute Gasteiger partial charge is 0.416 e. The van der Waals surface area contributed by atoms with Gasteiger partial charge in [0.15, 0.2) is 11.5 Å². The van der Waals surface area contributed by atoms with Gasteiger partial charge in [-0.3, -0.25) is 4.90 Å². The van der Waals surface area contributed by atoms with Gasteiger partial charge in [-0.05, 0) is 41.5 Å². The summed E-state index contributed by atoms with van der Waals surface area (Å²) in [6.45, 7) is 9.01. The average molecular weight is 627 g/mol. The Hall–Kier alpha value is -3.73. The molecule has 0 aliphatic carbocycles. The summed E-state index contributed by atoms with van der Waals surface area (Å²) in [7, 11) is 0. The van der Waals surface area contributed by atoms with E-state index in [0.717, 1.165) is 64.9 Å². The van der Waals surface area contributed by atoms with Crippen molar-refractivity contribution in [3.8, 4) is 11.5 Å². The van der Waals surface area contributed by atoms with Crippen LogP contribution in [0.3, 0.4) is 0 Å². The molecule has 0 amide bonds. The monoisotopic (exact) mass is 626 g/mol. The molecule has 0 radical (unpaired) electrons. The molecule has 2 aliphatic heterocycles. The van der Waals surface area contributed by atoms with Crippen molar-refractivity contribution in [1.82, 2.24) is 14.8 Å². The van der Waals surface area contributed by atoms with Crippen molar-refractivity contribution in [3.63, 3.8) is 0 Å². The minimum absolute atomic E-state index is 0.174. The SMILES string of the molecule is C=C(c1csc(CN(Cc2cccc(C(F)(F)F)c2)Cc2ccc3c(c2)OCO3)n1)N1CCN(c2ccccc2Cl)CC1. The predicted octanol–water partition coefficient (Wildman–Crippen LogP) is 7.54. The first-order valence-electron chi connectivity index (χ1n) is 13.9. The number of rotatable bonds is 9. The molecule has 0 unspecified atom stereocenters. The van der Waals surface area contributed by atoms with Crippen LogP contribution in [0.15, 0.2) is 78.7 Å². The molecule has 43 heavy (non-hydrogen) atoms. The summed E-state index contributed by atoms with van der Waals surface area (Å²) in [5.41, 5.74) is 3.60. The summed E-state index contributed by atoms with van der Waals surface area (Å²) in [4.78, 5) is 11.5. The lowest BCUT2D eigenvalue weighted by molar-refractivity contribution is -0.137. The summed E-state index contributed by atoms with van der Waals surface area (Å²) >= 11 is 7.93. The molecule has 3 heterocycles. The van der Waals surface area contributed by atoms with Gasteiger partial charge in [0.2, 0.25) is 6.79 Å². The van der Waals surface area contributed by atoms with Gasteiger partial charge in [0, 0.05) is 44.6 Å². The minimum atomic E-state index is -4.40. The fourth-order valence-corrected chi connectivity index (χ4v) is 6.46. The molecule has 6 nitrogen and oxygen atoms in total. The zero-order valence-electron chi connectivity index (χ0n) is 23.3. The van der Waals surface area contributed by atoms with Crippen LogP contribution in [0.5, 0.6) is 11.5 Å². The van der Waals surface area contributed by atoms with Crippen molar-refractivity contribution >= 4 is 34.3 Å². The third kappa shape index (κ3) is 6.92. The lowest BCUT2D eigenvalue weighted by Gasteiger charge is -2.38. The Kier molecular flexibility index (Phi) is 8.52.